The van der Waals surface area contributed by atoms with Crippen LogP contribution in [0.15, 0.2) is 42.7 Å². The number of nitrogens with one attached hydrogen (secondary N) is 2. The summed E-state index contributed by atoms with van der Waals surface area (Å²) in [5.41, 5.74) is 3.66. The molecule has 0 unspecified atom stereocenters. The molecule has 1 aromatic heterocycles. The van der Waals surface area contributed by atoms with Gasteiger partial charge in [-0.15, -0.1) is 0 Å². The highest BCUT2D eigenvalue weighted by atomic mass is 16.5. The summed E-state index contributed by atoms with van der Waals surface area (Å²) >= 11 is 0. The zero-order valence-corrected chi connectivity index (χ0v) is 11.1. The first kappa shape index (κ1) is 12.3. The molecule has 0 aliphatic carbocycles. The van der Waals surface area contributed by atoms with Gasteiger partial charge < -0.3 is 20.1 Å². The number of ether oxygens (including phenoxy) is 1. The number of hydrogen-bond donors (Lipinski definition) is 3. The van der Waals surface area contributed by atoms with Crippen LogP contribution in [0.3, 0.4) is 0 Å². The van der Waals surface area contributed by atoms with E-state index in [9.17, 15) is 5.11 Å². The van der Waals surface area contributed by atoms with Crippen LogP contribution < -0.4 is 10.1 Å². The van der Waals surface area contributed by atoms with Gasteiger partial charge in [-0.3, -0.25) is 0 Å². The highest BCUT2D eigenvalue weighted by Crippen LogP contribution is 2.29. The molecule has 0 saturated heterocycles. The van der Waals surface area contributed by atoms with E-state index in [1.807, 2.05) is 30.3 Å². The molecular formula is C15H15N3O2. The van der Waals surface area contributed by atoms with Gasteiger partial charge in [-0.1, -0.05) is 12.1 Å². The van der Waals surface area contributed by atoms with Crippen molar-refractivity contribution in [2.24, 2.45) is 0 Å². The van der Waals surface area contributed by atoms with Crippen molar-refractivity contribution in [3.63, 3.8) is 0 Å². The number of fused-ring (bicyclic) bond motifs is 1. The molecule has 0 aliphatic rings. The Balaban J connectivity index is 1.79. The third-order valence-electron chi connectivity index (χ3n) is 3.21. The van der Waals surface area contributed by atoms with Gasteiger partial charge >= 0.3 is 0 Å². The third-order valence-corrected chi connectivity index (χ3v) is 3.21. The van der Waals surface area contributed by atoms with E-state index in [0.717, 1.165) is 22.3 Å². The van der Waals surface area contributed by atoms with Gasteiger partial charge in [-0.25, -0.2) is 4.98 Å². The molecule has 0 radical (unpaired) electrons. The number of H-pyrrole nitrogens is 1. The fraction of sp³-hybridized carbons (Fsp3) is 0.133. The molecule has 0 aliphatic heterocycles. The number of aromatic nitrogens is 2. The summed E-state index contributed by atoms with van der Waals surface area (Å²) in [4.78, 5) is 7.24. The van der Waals surface area contributed by atoms with E-state index in [4.69, 9.17) is 4.74 Å². The van der Waals surface area contributed by atoms with Crippen molar-refractivity contribution in [2.75, 3.05) is 12.4 Å². The summed E-state index contributed by atoms with van der Waals surface area (Å²) in [6.07, 6.45) is 1.67. The lowest BCUT2D eigenvalue weighted by molar-refractivity contribution is 0.371. The van der Waals surface area contributed by atoms with E-state index in [1.165, 1.54) is 0 Å². The topological polar surface area (TPSA) is 70.2 Å². The summed E-state index contributed by atoms with van der Waals surface area (Å²) in [5, 5.41) is 13.3. The van der Waals surface area contributed by atoms with Gasteiger partial charge in [0.05, 0.1) is 24.5 Å². The zero-order valence-electron chi connectivity index (χ0n) is 11.1. The molecule has 3 N–H and O–H groups in total. The first-order valence-electron chi connectivity index (χ1n) is 6.30. The lowest BCUT2D eigenvalue weighted by atomic mass is 10.1. The Morgan fingerprint density at radius 3 is 3.05 bits per heavy atom. The minimum Gasteiger partial charge on any atom is -0.504 e. The van der Waals surface area contributed by atoms with E-state index in [0.29, 0.717) is 12.3 Å². The van der Waals surface area contributed by atoms with Crippen LogP contribution in [0, 0.1) is 0 Å². The van der Waals surface area contributed by atoms with Crippen molar-refractivity contribution in [1.82, 2.24) is 9.97 Å². The molecule has 0 spiro atoms. The Hall–Kier alpha value is -2.69. The zero-order chi connectivity index (χ0) is 13.9. The highest BCUT2D eigenvalue weighted by Gasteiger charge is 2.07. The molecule has 3 rings (SSSR count). The van der Waals surface area contributed by atoms with Gasteiger partial charge in [0.2, 0.25) is 0 Å². The second-order valence-electron chi connectivity index (χ2n) is 4.46. The molecular weight excluding hydrogens is 254 g/mol. The SMILES string of the molecule is COc1cccc(CNc2ccc3nc[nH]c3c2)c1O. The normalized spacial score (nSPS) is 10.7. The van der Waals surface area contributed by atoms with E-state index < -0.39 is 0 Å². The van der Waals surface area contributed by atoms with E-state index >= 15 is 0 Å². The Bertz CT molecular complexity index is 737. The Labute approximate surface area is 116 Å². The first-order valence-corrected chi connectivity index (χ1v) is 6.30. The monoisotopic (exact) mass is 269 g/mol. The van der Waals surface area contributed by atoms with E-state index in [2.05, 4.69) is 15.3 Å². The number of para-hydroxylation sites is 1. The first-order chi connectivity index (χ1) is 9.78. The second-order valence-corrected chi connectivity index (χ2v) is 4.46. The Morgan fingerprint density at radius 1 is 1.30 bits per heavy atom. The summed E-state index contributed by atoms with van der Waals surface area (Å²) in [6, 6.07) is 11.3. The standard InChI is InChI=1S/C15H15N3O2/c1-20-14-4-2-3-10(15(14)19)8-16-11-5-6-12-13(7-11)18-9-17-12/h2-7,9,16,19H,8H2,1H3,(H,17,18). The molecule has 102 valence electrons. The predicted octanol–water partition coefficient (Wildman–Crippen LogP) is 2.89. The van der Waals surface area contributed by atoms with E-state index in [-0.39, 0.29) is 5.75 Å². The largest absolute Gasteiger partial charge is 0.504 e. The predicted molar refractivity (Wildman–Crippen MR) is 78.1 cm³/mol. The summed E-state index contributed by atoms with van der Waals surface area (Å²) in [5.74, 6) is 0.651. The number of rotatable bonds is 4. The fourth-order valence-electron chi connectivity index (χ4n) is 2.12. The van der Waals surface area contributed by atoms with Gasteiger partial charge in [0.15, 0.2) is 11.5 Å². The van der Waals surface area contributed by atoms with Crippen LogP contribution in [0.2, 0.25) is 0 Å². The van der Waals surface area contributed by atoms with Crippen molar-refractivity contribution in [3.05, 3.63) is 48.3 Å². The lowest BCUT2D eigenvalue weighted by Crippen LogP contribution is -2.00. The highest BCUT2D eigenvalue weighted by molar-refractivity contribution is 5.78. The number of nitrogens with zero attached hydrogens (tertiary/aromatic N) is 1. The summed E-state index contributed by atoms with van der Waals surface area (Å²) in [6.45, 7) is 0.517. The Morgan fingerprint density at radius 2 is 2.20 bits per heavy atom. The van der Waals surface area contributed by atoms with Crippen molar-refractivity contribution < 1.29 is 9.84 Å². The molecule has 0 atom stereocenters. The maximum absolute atomic E-state index is 10.0. The molecule has 1 heterocycles. The van der Waals surface area contributed by atoms with Crippen LogP contribution in [0.4, 0.5) is 5.69 Å². The van der Waals surface area contributed by atoms with Gasteiger partial charge in [0.25, 0.3) is 0 Å². The van der Waals surface area contributed by atoms with Gasteiger partial charge in [-0.2, -0.15) is 0 Å². The van der Waals surface area contributed by atoms with E-state index in [1.54, 1.807) is 19.5 Å². The average molecular weight is 269 g/mol. The average Bonchev–Trinajstić information content (AvgIpc) is 2.93. The summed E-state index contributed by atoms with van der Waals surface area (Å²) < 4.78 is 5.09. The lowest BCUT2D eigenvalue weighted by Gasteiger charge is -2.10. The summed E-state index contributed by atoms with van der Waals surface area (Å²) in [7, 11) is 1.54. The molecule has 2 aromatic carbocycles. The Kier molecular flexibility index (Phi) is 3.16. The number of imidazole rings is 1. The van der Waals surface area contributed by atoms with Crippen LogP contribution >= 0.6 is 0 Å². The number of benzene rings is 2. The molecule has 0 bridgehead atoms. The molecule has 5 heteroatoms. The second kappa shape index (κ2) is 5.13. The quantitative estimate of drug-likeness (QED) is 0.681. The minimum absolute atomic E-state index is 0.171. The van der Waals surface area contributed by atoms with Gasteiger partial charge in [0, 0.05) is 17.8 Å². The molecule has 0 fully saturated rings. The number of methoxy groups -OCH3 is 1. The van der Waals surface area contributed by atoms with Crippen LogP contribution in [-0.4, -0.2) is 22.2 Å². The van der Waals surface area contributed by atoms with Crippen molar-refractivity contribution in [2.45, 2.75) is 6.54 Å². The number of hydrogen-bond acceptors (Lipinski definition) is 4. The number of phenols is 1. The number of aromatic amines is 1. The van der Waals surface area contributed by atoms with Crippen LogP contribution in [0.1, 0.15) is 5.56 Å². The maximum atomic E-state index is 10.0. The molecule has 0 amide bonds. The minimum atomic E-state index is 0.171. The third kappa shape index (κ3) is 2.25. The van der Waals surface area contributed by atoms with Gasteiger partial charge in [0.1, 0.15) is 0 Å². The fourth-order valence-corrected chi connectivity index (χ4v) is 2.12. The van der Waals surface area contributed by atoms with Crippen LogP contribution in [0.25, 0.3) is 11.0 Å². The van der Waals surface area contributed by atoms with Gasteiger partial charge in [-0.05, 0) is 24.3 Å². The molecule has 3 aromatic rings. The van der Waals surface area contributed by atoms with Crippen molar-refractivity contribution >= 4 is 16.7 Å². The van der Waals surface area contributed by atoms with Crippen molar-refractivity contribution in [3.8, 4) is 11.5 Å². The number of aromatic hydroxyl groups is 1. The molecule has 5 nitrogen and oxygen atoms in total. The molecule has 20 heavy (non-hydrogen) atoms. The maximum Gasteiger partial charge on any atom is 0.162 e. The number of anilines is 1. The number of phenolic OH excluding ortho intramolecular Hbond substituents is 1. The smallest absolute Gasteiger partial charge is 0.162 e. The van der Waals surface area contributed by atoms with Crippen LogP contribution in [0.5, 0.6) is 11.5 Å². The van der Waals surface area contributed by atoms with Crippen molar-refractivity contribution in [1.29, 1.82) is 0 Å². The molecule has 0 saturated carbocycles. The van der Waals surface area contributed by atoms with Crippen LogP contribution in [-0.2, 0) is 6.54 Å².